The van der Waals surface area contributed by atoms with Crippen molar-refractivity contribution in [3.05, 3.63) is 45.4 Å². The molecule has 5 heteroatoms. The number of nitrogens with zero attached hydrogens (tertiary/aromatic N) is 1. The summed E-state index contributed by atoms with van der Waals surface area (Å²) in [6.07, 6.45) is 2.64. The number of rotatable bonds is 2. The lowest BCUT2D eigenvalue weighted by Crippen LogP contribution is -2.25. The van der Waals surface area contributed by atoms with Gasteiger partial charge in [0.1, 0.15) is 4.88 Å². The van der Waals surface area contributed by atoms with Gasteiger partial charge in [-0.3, -0.25) is 4.79 Å². The zero-order valence-electron chi connectivity index (χ0n) is 10.7. The number of fused-ring (bicyclic) bond motifs is 1. The van der Waals surface area contributed by atoms with Crippen LogP contribution in [0.15, 0.2) is 24.4 Å². The third-order valence-electron chi connectivity index (χ3n) is 3.24. The number of benzene rings is 1. The largest absolute Gasteiger partial charge is 0.321 e. The van der Waals surface area contributed by atoms with Crippen LogP contribution in [0.3, 0.4) is 0 Å². The van der Waals surface area contributed by atoms with Crippen molar-refractivity contribution in [2.75, 3.05) is 11.9 Å². The van der Waals surface area contributed by atoms with E-state index in [0.717, 1.165) is 30.2 Å². The van der Waals surface area contributed by atoms with Gasteiger partial charge in [0.2, 0.25) is 0 Å². The smallest absolute Gasteiger partial charge is 0.267 e. The van der Waals surface area contributed by atoms with Gasteiger partial charge in [0.05, 0.1) is 11.2 Å². The molecule has 2 N–H and O–H groups in total. The lowest BCUT2D eigenvalue weighted by Gasteiger charge is -2.20. The van der Waals surface area contributed by atoms with Gasteiger partial charge in [0.15, 0.2) is 0 Å². The van der Waals surface area contributed by atoms with Crippen molar-refractivity contribution in [3.63, 3.8) is 0 Å². The van der Waals surface area contributed by atoms with Crippen LogP contribution < -0.4 is 10.6 Å². The molecule has 3 rings (SSSR count). The molecule has 0 aliphatic carbocycles. The molecule has 2 aromatic rings. The van der Waals surface area contributed by atoms with Crippen molar-refractivity contribution in [1.29, 1.82) is 0 Å². The summed E-state index contributed by atoms with van der Waals surface area (Å²) in [4.78, 5) is 16.9. The fraction of sp³-hybridized carbons (Fsp3) is 0.286. The van der Waals surface area contributed by atoms with Crippen molar-refractivity contribution in [1.82, 2.24) is 10.3 Å². The Hall–Kier alpha value is -1.72. The molecule has 0 saturated heterocycles. The van der Waals surface area contributed by atoms with Gasteiger partial charge in [0, 0.05) is 12.2 Å². The van der Waals surface area contributed by atoms with Crippen LogP contribution in [0, 0.1) is 6.92 Å². The third-order valence-corrected chi connectivity index (χ3v) is 4.15. The van der Waals surface area contributed by atoms with E-state index in [-0.39, 0.29) is 5.91 Å². The van der Waals surface area contributed by atoms with E-state index in [2.05, 4.69) is 21.7 Å². The summed E-state index contributed by atoms with van der Waals surface area (Å²) in [6.45, 7) is 3.71. The maximum atomic E-state index is 12.2. The number of hydrogen-bond acceptors (Lipinski definition) is 4. The Kier molecular flexibility index (Phi) is 3.31. The van der Waals surface area contributed by atoms with E-state index in [0.29, 0.717) is 4.88 Å². The molecule has 2 heterocycles. The van der Waals surface area contributed by atoms with Crippen molar-refractivity contribution in [3.8, 4) is 0 Å². The number of thiazole rings is 1. The molecule has 4 nitrogen and oxygen atoms in total. The number of anilines is 1. The number of amides is 1. The second-order valence-corrected chi connectivity index (χ2v) is 5.80. The van der Waals surface area contributed by atoms with Crippen LogP contribution in [0.25, 0.3) is 0 Å². The molecular weight excluding hydrogens is 258 g/mol. The molecule has 1 aromatic heterocycles. The molecule has 19 heavy (non-hydrogen) atoms. The molecular formula is C14H15N3OS. The van der Waals surface area contributed by atoms with E-state index >= 15 is 0 Å². The van der Waals surface area contributed by atoms with E-state index in [1.165, 1.54) is 22.5 Å². The highest BCUT2D eigenvalue weighted by molar-refractivity contribution is 7.13. The highest BCUT2D eigenvalue weighted by atomic mass is 32.1. The molecule has 0 spiro atoms. The fourth-order valence-corrected chi connectivity index (χ4v) is 2.95. The molecule has 0 unspecified atom stereocenters. The number of aryl methyl sites for hydroxylation is 1. The van der Waals surface area contributed by atoms with Gasteiger partial charge in [-0.25, -0.2) is 4.98 Å². The molecule has 0 atom stereocenters. The summed E-state index contributed by atoms with van der Waals surface area (Å²) < 4.78 is 0. The molecule has 0 bridgehead atoms. The van der Waals surface area contributed by atoms with Crippen molar-refractivity contribution < 1.29 is 4.79 Å². The predicted octanol–water partition coefficient (Wildman–Crippen LogP) is 2.35. The first-order valence-electron chi connectivity index (χ1n) is 6.29. The van der Waals surface area contributed by atoms with E-state index in [4.69, 9.17) is 0 Å². The summed E-state index contributed by atoms with van der Waals surface area (Å²) in [7, 11) is 0. The fourth-order valence-electron chi connectivity index (χ4n) is 2.28. The zero-order chi connectivity index (χ0) is 13.2. The Morgan fingerprint density at radius 1 is 1.47 bits per heavy atom. The van der Waals surface area contributed by atoms with Crippen LogP contribution in [0.1, 0.15) is 25.8 Å². The Morgan fingerprint density at radius 2 is 2.37 bits per heavy atom. The van der Waals surface area contributed by atoms with Crippen molar-refractivity contribution >= 4 is 22.9 Å². The summed E-state index contributed by atoms with van der Waals surface area (Å²) in [5, 5.41) is 7.23. The Bertz CT molecular complexity index is 621. The van der Waals surface area contributed by atoms with Crippen molar-refractivity contribution in [2.24, 2.45) is 0 Å². The number of carbonyl (C=O) groups excluding carboxylic acids is 1. The maximum Gasteiger partial charge on any atom is 0.267 e. The number of carbonyl (C=O) groups is 1. The number of hydrogen-bond donors (Lipinski definition) is 2. The standard InChI is InChI=1S/C14H15N3OS/c1-9-16-8-13(19-9)14(18)17-12-4-2-3-10-5-6-15-7-11(10)12/h2-4,8,15H,5-7H2,1H3,(H,17,18). The number of nitrogens with one attached hydrogen (secondary N) is 2. The van der Waals surface area contributed by atoms with Crippen LogP contribution in [0.2, 0.25) is 0 Å². The average molecular weight is 273 g/mol. The van der Waals surface area contributed by atoms with Crippen LogP contribution in [-0.2, 0) is 13.0 Å². The maximum absolute atomic E-state index is 12.2. The van der Waals surface area contributed by atoms with Crippen LogP contribution >= 0.6 is 11.3 Å². The van der Waals surface area contributed by atoms with Crippen molar-refractivity contribution in [2.45, 2.75) is 19.9 Å². The van der Waals surface area contributed by atoms with Gasteiger partial charge >= 0.3 is 0 Å². The molecule has 0 saturated carbocycles. The average Bonchev–Trinajstić information content (AvgIpc) is 2.86. The SMILES string of the molecule is Cc1ncc(C(=O)Nc2cccc3c2CNCC3)s1. The number of aromatic nitrogens is 1. The summed E-state index contributed by atoms with van der Waals surface area (Å²) >= 11 is 1.41. The van der Waals surface area contributed by atoms with Gasteiger partial charge in [0.25, 0.3) is 5.91 Å². The Balaban J connectivity index is 1.85. The molecule has 1 amide bonds. The van der Waals surface area contributed by atoms with Gasteiger partial charge in [-0.2, -0.15) is 0 Å². The minimum absolute atomic E-state index is 0.0791. The Morgan fingerprint density at radius 3 is 3.16 bits per heavy atom. The van der Waals surface area contributed by atoms with Gasteiger partial charge in [-0.05, 0) is 37.1 Å². The summed E-state index contributed by atoms with van der Waals surface area (Å²) in [5.41, 5.74) is 3.42. The second-order valence-electron chi connectivity index (χ2n) is 4.57. The molecule has 0 fully saturated rings. The van der Waals surface area contributed by atoms with E-state index in [1.807, 2.05) is 19.1 Å². The lowest BCUT2D eigenvalue weighted by atomic mass is 9.99. The minimum Gasteiger partial charge on any atom is -0.321 e. The van der Waals surface area contributed by atoms with Crippen LogP contribution in [0.5, 0.6) is 0 Å². The summed E-state index contributed by atoms with van der Waals surface area (Å²) in [6, 6.07) is 6.08. The van der Waals surface area contributed by atoms with Crippen LogP contribution in [-0.4, -0.2) is 17.4 Å². The van der Waals surface area contributed by atoms with E-state index in [9.17, 15) is 4.79 Å². The van der Waals surface area contributed by atoms with Crippen LogP contribution in [0.4, 0.5) is 5.69 Å². The summed E-state index contributed by atoms with van der Waals surface area (Å²) in [5.74, 6) is -0.0791. The lowest BCUT2D eigenvalue weighted by molar-refractivity contribution is 0.103. The zero-order valence-corrected chi connectivity index (χ0v) is 11.5. The predicted molar refractivity (Wildman–Crippen MR) is 76.7 cm³/mol. The normalized spacial score (nSPS) is 13.9. The highest BCUT2D eigenvalue weighted by Crippen LogP contribution is 2.24. The first-order chi connectivity index (χ1) is 9.24. The first kappa shape index (κ1) is 12.3. The first-order valence-corrected chi connectivity index (χ1v) is 7.11. The molecule has 0 radical (unpaired) electrons. The second kappa shape index (κ2) is 5.11. The molecule has 1 aromatic carbocycles. The quantitative estimate of drug-likeness (QED) is 0.883. The van der Waals surface area contributed by atoms with E-state index < -0.39 is 0 Å². The van der Waals surface area contributed by atoms with E-state index in [1.54, 1.807) is 6.20 Å². The van der Waals surface area contributed by atoms with Gasteiger partial charge in [-0.1, -0.05) is 12.1 Å². The monoisotopic (exact) mass is 273 g/mol. The molecule has 1 aliphatic rings. The Labute approximate surface area is 115 Å². The van der Waals surface area contributed by atoms with Gasteiger partial charge in [-0.15, -0.1) is 11.3 Å². The molecule has 1 aliphatic heterocycles. The third kappa shape index (κ3) is 2.52. The highest BCUT2D eigenvalue weighted by Gasteiger charge is 2.15. The molecule has 98 valence electrons. The minimum atomic E-state index is -0.0791. The topological polar surface area (TPSA) is 54.0 Å². The van der Waals surface area contributed by atoms with Gasteiger partial charge < -0.3 is 10.6 Å².